The summed E-state index contributed by atoms with van der Waals surface area (Å²) >= 11 is -0.105. The first-order chi connectivity index (χ1) is 17.2. The van der Waals surface area contributed by atoms with Gasteiger partial charge in [-0.15, -0.1) is 0 Å². The molecule has 0 radical (unpaired) electrons. The van der Waals surface area contributed by atoms with Crippen LogP contribution in [-0.2, 0) is 4.79 Å². The zero-order valence-corrected chi connectivity index (χ0v) is 21.5. The Labute approximate surface area is 215 Å². The predicted molar refractivity (Wildman–Crippen MR) is 138 cm³/mol. The number of nitrogens with zero attached hydrogens (tertiary/aromatic N) is 4. The Kier molecular flexibility index (Phi) is 9.00. The van der Waals surface area contributed by atoms with Crippen molar-refractivity contribution in [3.8, 4) is 0 Å². The van der Waals surface area contributed by atoms with Crippen LogP contribution < -0.4 is 10.2 Å². The van der Waals surface area contributed by atoms with Crippen LogP contribution in [0.4, 0.5) is 24.5 Å². The Balaban J connectivity index is 1.11. The maximum absolute atomic E-state index is 12.7. The van der Waals surface area contributed by atoms with Crippen molar-refractivity contribution in [2.45, 2.75) is 49.1 Å². The molecule has 196 valence electrons. The van der Waals surface area contributed by atoms with E-state index >= 15 is 0 Å². The van der Waals surface area contributed by atoms with Crippen molar-refractivity contribution >= 4 is 29.0 Å². The van der Waals surface area contributed by atoms with E-state index in [1.54, 1.807) is 12.1 Å². The minimum absolute atomic E-state index is 0.105. The molecule has 0 saturated carbocycles. The van der Waals surface area contributed by atoms with E-state index in [0.717, 1.165) is 63.4 Å². The number of pyridine rings is 1. The number of benzene rings is 1. The van der Waals surface area contributed by atoms with E-state index in [1.807, 2.05) is 24.1 Å². The molecule has 0 unspecified atom stereocenters. The summed E-state index contributed by atoms with van der Waals surface area (Å²) < 4.78 is 37.4. The van der Waals surface area contributed by atoms with Crippen molar-refractivity contribution in [2.24, 2.45) is 0 Å². The number of hydrogen-bond acceptors (Lipinski definition) is 6. The van der Waals surface area contributed by atoms with E-state index in [0.29, 0.717) is 19.5 Å². The maximum atomic E-state index is 12.7. The molecule has 0 atom stereocenters. The number of aryl methyl sites for hydroxylation is 1. The minimum atomic E-state index is -4.27. The van der Waals surface area contributed by atoms with Crippen LogP contribution in [0.5, 0.6) is 0 Å². The summed E-state index contributed by atoms with van der Waals surface area (Å²) in [5, 5.41) is 3.39. The van der Waals surface area contributed by atoms with E-state index in [4.69, 9.17) is 0 Å². The Morgan fingerprint density at radius 3 is 2.33 bits per heavy atom. The molecule has 1 amide bonds. The molecule has 36 heavy (non-hydrogen) atoms. The number of nitrogens with one attached hydrogen (secondary N) is 1. The van der Waals surface area contributed by atoms with Crippen LogP contribution in [0.2, 0.25) is 0 Å². The highest BCUT2D eigenvalue weighted by Gasteiger charge is 2.29. The fourth-order valence-electron chi connectivity index (χ4n) is 4.75. The lowest BCUT2D eigenvalue weighted by atomic mass is 10.0. The number of likely N-dealkylation sites (tertiary alicyclic amines) is 1. The number of thioether (sulfide) groups is 1. The van der Waals surface area contributed by atoms with E-state index < -0.39 is 5.51 Å². The molecule has 2 aliphatic rings. The molecule has 2 aliphatic heterocycles. The molecule has 3 heterocycles. The molecule has 0 aliphatic carbocycles. The number of alkyl halides is 3. The van der Waals surface area contributed by atoms with Gasteiger partial charge in [-0.1, -0.05) is 0 Å². The first kappa shape index (κ1) is 26.6. The number of anilines is 2. The molecule has 0 bridgehead atoms. The Morgan fingerprint density at radius 2 is 1.72 bits per heavy atom. The number of amides is 1. The van der Waals surface area contributed by atoms with Crippen LogP contribution in [-0.4, -0.2) is 78.1 Å². The first-order valence-corrected chi connectivity index (χ1v) is 13.4. The number of hydrogen-bond donors (Lipinski definition) is 1. The highest BCUT2D eigenvalue weighted by atomic mass is 32.2. The lowest BCUT2D eigenvalue weighted by molar-refractivity contribution is -0.132. The van der Waals surface area contributed by atoms with E-state index in [-0.39, 0.29) is 28.6 Å². The third-order valence-electron chi connectivity index (χ3n) is 6.80. The number of rotatable bonds is 8. The summed E-state index contributed by atoms with van der Waals surface area (Å²) in [7, 11) is 0. The largest absolute Gasteiger partial charge is 0.446 e. The Bertz CT molecular complexity index is 971. The Morgan fingerprint density at radius 1 is 1.03 bits per heavy atom. The molecule has 6 nitrogen and oxygen atoms in total. The van der Waals surface area contributed by atoms with E-state index in [9.17, 15) is 18.0 Å². The zero-order valence-electron chi connectivity index (χ0n) is 20.6. The van der Waals surface area contributed by atoms with Crippen molar-refractivity contribution in [1.82, 2.24) is 14.8 Å². The molecular weight excluding hydrogens is 487 g/mol. The summed E-state index contributed by atoms with van der Waals surface area (Å²) in [5.41, 5.74) is -1.27. The number of aromatic nitrogens is 1. The van der Waals surface area contributed by atoms with Gasteiger partial charge in [-0.25, -0.2) is 0 Å². The highest BCUT2D eigenvalue weighted by Crippen LogP contribution is 2.37. The molecule has 2 fully saturated rings. The summed E-state index contributed by atoms with van der Waals surface area (Å²) in [4.78, 5) is 24.0. The second-order valence-electron chi connectivity index (χ2n) is 9.46. The molecule has 1 N–H and O–H groups in total. The molecule has 2 saturated heterocycles. The van der Waals surface area contributed by atoms with Gasteiger partial charge in [0.2, 0.25) is 5.91 Å². The SMILES string of the molecule is Cc1ccc(N2CCN(CCCC(=O)N3CCC(Nc4ccc(SC(F)(F)F)cc4)CC3)CC2)cn1. The number of piperazine rings is 1. The van der Waals surface area contributed by atoms with Crippen molar-refractivity contribution < 1.29 is 18.0 Å². The second kappa shape index (κ2) is 12.2. The number of halogens is 3. The van der Waals surface area contributed by atoms with Gasteiger partial charge in [0.05, 0.1) is 11.9 Å². The van der Waals surface area contributed by atoms with E-state index in [2.05, 4.69) is 26.2 Å². The lowest BCUT2D eigenvalue weighted by Crippen LogP contribution is -2.47. The van der Waals surface area contributed by atoms with Gasteiger partial charge in [-0.3, -0.25) is 14.7 Å². The maximum Gasteiger partial charge on any atom is 0.446 e. The topological polar surface area (TPSA) is 51.7 Å². The fourth-order valence-corrected chi connectivity index (χ4v) is 5.29. The van der Waals surface area contributed by atoms with Crippen LogP contribution >= 0.6 is 11.8 Å². The van der Waals surface area contributed by atoms with Gasteiger partial charge in [0.15, 0.2) is 0 Å². The van der Waals surface area contributed by atoms with Gasteiger partial charge in [0, 0.05) is 68.0 Å². The normalized spacial score (nSPS) is 17.9. The Hall–Kier alpha value is -2.46. The highest BCUT2D eigenvalue weighted by molar-refractivity contribution is 8.00. The third kappa shape index (κ3) is 8.03. The van der Waals surface area contributed by atoms with Crippen molar-refractivity contribution in [2.75, 3.05) is 56.0 Å². The van der Waals surface area contributed by atoms with Crippen molar-refractivity contribution in [3.63, 3.8) is 0 Å². The molecule has 10 heteroatoms. The average Bonchev–Trinajstić information content (AvgIpc) is 2.86. The number of piperidine rings is 1. The van der Waals surface area contributed by atoms with Crippen molar-refractivity contribution in [3.05, 3.63) is 48.3 Å². The molecule has 1 aromatic heterocycles. The van der Waals surface area contributed by atoms with Crippen molar-refractivity contribution in [1.29, 1.82) is 0 Å². The van der Waals surface area contributed by atoms with Gasteiger partial charge in [0.25, 0.3) is 0 Å². The van der Waals surface area contributed by atoms with Crippen LogP contribution in [0, 0.1) is 6.92 Å². The summed E-state index contributed by atoms with van der Waals surface area (Å²) in [6.07, 6.45) is 5.04. The standard InChI is InChI=1S/C26H34F3N5OS/c1-20-4-7-23(19-30-20)33-17-15-32(16-18-33)12-2-3-25(35)34-13-10-22(11-14-34)31-21-5-8-24(9-6-21)36-26(27,28)29/h4-9,19,22,31H,2-3,10-18H2,1H3. The fraction of sp³-hybridized carbons (Fsp3) is 0.538. The summed E-state index contributed by atoms with van der Waals surface area (Å²) in [5.74, 6) is 0.214. The van der Waals surface area contributed by atoms with Crippen LogP contribution in [0.1, 0.15) is 31.4 Å². The lowest BCUT2D eigenvalue weighted by Gasteiger charge is -2.36. The van der Waals surface area contributed by atoms with E-state index in [1.165, 1.54) is 17.8 Å². The molecule has 0 spiro atoms. The quantitative estimate of drug-likeness (QED) is 0.493. The van der Waals surface area contributed by atoms with Gasteiger partial charge >= 0.3 is 5.51 Å². The molecule has 2 aromatic rings. The van der Waals surface area contributed by atoms with Crippen LogP contribution in [0.15, 0.2) is 47.5 Å². The molecule has 1 aromatic carbocycles. The smallest absolute Gasteiger partial charge is 0.382 e. The number of carbonyl (C=O) groups excluding carboxylic acids is 1. The molecular formula is C26H34F3N5OS. The summed E-state index contributed by atoms with van der Waals surface area (Å²) in [6.45, 7) is 8.29. The van der Waals surface area contributed by atoms with Gasteiger partial charge < -0.3 is 15.1 Å². The predicted octanol–water partition coefficient (Wildman–Crippen LogP) is 5.01. The minimum Gasteiger partial charge on any atom is -0.382 e. The second-order valence-corrected chi connectivity index (χ2v) is 10.6. The average molecular weight is 522 g/mol. The van der Waals surface area contributed by atoms with Crippen LogP contribution in [0.25, 0.3) is 0 Å². The zero-order chi connectivity index (χ0) is 25.5. The van der Waals surface area contributed by atoms with Gasteiger partial charge in [-0.05, 0) is 80.9 Å². The van der Waals surface area contributed by atoms with Gasteiger partial charge in [0.1, 0.15) is 0 Å². The monoisotopic (exact) mass is 521 g/mol. The van der Waals surface area contributed by atoms with Gasteiger partial charge in [-0.2, -0.15) is 13.2 Å². The van der Waals surface area contributed by atoms with Crippen LogP contribution in [0.3, 0.4) is 0 Å². The first-order valence-electron chi connectivity index (χ1n) is 12.6. The third-order valence-corrected chi connectivity index (χ3v) is 7.54. The number of carbonyl (C=O) groups is 1. The molecule has 4 rings (SSSR count). The summed E-state index contributed by atoms with van der Waals surface area (Å²) in [6, 6.07) is 10.7.